The lowest BCUT2D eigenvalue weighted by Gasteiger charge is -2.66. The summed E-state index contributed by atoms with van der Waals surface area (Å²) in [5.41, 5.74) is -0.338. The van der Waals surface area contributed by atoms with E-state index in [1.54, 1.807) is 0 Å². The maximum atomic E-state index is 14.3. The molecule has 2 N–H and O–H groups in total. The fraction of sp³-hybridized carbons (Fsp3) is 0.818. The van der Waals surface area contributed by atoms with Gasteiger partial charge in [0, 0.05) is 17.8 Å². The van der Waals surface area contributed by atoms with Crippen LogP contribution in [0.4, 0.5) is 0 Å². The highest BCUT2D eigenvalue weighted by atomic mass is 16.5. The molecule has 218 valence electrons. The van der Waals surface area contributed by atoms with Gasteiger partial charge >= 0.3 is 5.97 Å². The van der Waals surface area contributed by atoms with E-state index < -0.39 is 16.8 Å². The zero-order valence-corrected chi connectivity index (χ0v) is 25.6. The lowest BCUT2D eigenvalue weighted by Crippen LogP contribution is -2.63. The second-order valence-electron chi connectivity index (χ2n) is 15.7. The molecule has 1 saturated heterocycles. The van der Waals surface area contributed by atoms with Gasteiger partial charge < -0.3 is 19.7 Å². The molecule has 1 heterocycles. The summed E-state index contributed by atoms with van der Waals surface area (Å²) < 4.78 is 11.7. The van der Waals surface area contributed by atoms with Crippen molar-refractivity contribution < 1.29 is 29.3 Å². The Morgan fingerprint density at radius 1 is 1.00 bits per heavy atom. The molecule has 6 heteroatoms. The standard InChI is InChI=1S/C33H50O6/c1-28(2)12-10-13-33(8,39-28)20-11-14-31(6)24(20)19(18-34)15-23-30(5)16-21(25(36)27(37)38-9)29(3,4)26(30)22(35)17-32(23,31)7/h18,20,23-24,26,34,36H,10-17H2,1-9H3/b19-18+,25-21-/t20-,23?,24?,26?,30+,31+,32+,33+/m0/s1. The maximum absolute atomic E-state index is 14.3. The van der Waals surface area contributed by atoms with Crippen molar-refractivity contribution in [2.24, 2.45) is 45.3 Å². The van der Waals surface area contributed by atoms with Crippen molar-refractivity contribution >= 4 is 11.8 Å². The molecule has 0 bridgehead atoms. The number of Topliss-reactive ketones (excluding diaryl/α,β-unsaturated/α-hetero) is 1. The number of aliphatic hydroxyl groups excluding tert-OH is 2. The van der Waals surface area contributed by atoms with E-state index in [9.17, 15) is 19.8 Å². The molecule has 0 aromatic rings. The highest BCUT2D eigenvalue weighted by Crippen LogP contribution is 2.77. The first-order valence-corrected chi connectivity index (χ1v) is 15.0. The average Bonchev–Trinajstić information content (AvgIpc) is 3.30. The highest BCUT2D eigenvalue weighted by Gasteiger charge is 2.74. The fourth-order valence-corrected chi connectivity index (χ4v) is 11.3. The van der Waals surface area contributed by atoms with Gasteiger partial charge in [0.05, 0.1) is 24.6 Å². The minimum Gasteiger partial charge on any atom is -0.516 e. The van der Waals surface area contributed by atoms with E-state index in [1.165, 1.54) is 13.4 Å². The average molecular weight is 543 g/mol. The molecule has 39 heavy (non-hydrogen) atoms. The van der Waals surface area contributed by atoms with Gasteiger partial charge in [-0.1, -0.05) is 34.6 Å². The maximum Gasteiger partial charge on any atom is 0.373 e. The minimum atomic E-state index is -0.746. The lowest BCUT2D eigenvalue weighted by atomic mass is 9.38. The van der Waals surface area contributed by atoms with Crippen molar-refractivity contribution in [2.75, 3.05) is 7.11 Å². The molecular weight excluding hydrogens is 492 g/mol. The molecular formula is C33H50O6. The first kappa shape index (κ1) is 28.7. The van der Waals surface area contributed by atoms with Crippen molar-refractivity contribution in [1.82, 2.24) is 0 Å². The summed E-state index contributed by atoms with van der Waals surface area (Å²) in [6.07, 6.45) is 8.24. The van der Waals surface area contributed by atoms with Crippen LogP contribution in [0.1, 0.15) is 107 Å². The van der Waals surface area contributed by atoms with Crippen molar-refractivity contribution in [3.8, 4) is 0 Å². The fourth-order valence-electron chi connectivity index (χ4n) is 11.3. The number of hydrogen-bond donors (Lipinski definition) is 2. The molecule has 0 spiro atoms. The summed E-state index contributed by atoms with van der Waals surface area (Å²) in [6, 6.07) is 0. The number of carbonyl (C=O) groups excluding carboxylic acids is 2. The molecule has 5 aliphatic rings. The van der Waals surface area contributed by atoms with Gasteiger partial charge in [0.25, 0.3) is 0 Å². The van der Waals surface area contributed by atoms with Crippen LogP contribution in [0.25, 0.3) is 0 Å². The van der Waals surface area contributed by atoms with E-state index in [0.29, 0.717) is 24.8 Å². The number of rotatable bonds is 2. The van der Waals surface area contributed by atoms with Crippen molar-refractivity contribution in [1.29, 1.82) is 0 Å². The van der Waals surface area contributed by atoms with Gasteiger partial charge in [0.2, 0.25) is 5.76 Å². The van der Waals surface area contributed by atoms with Gasteiger partial charge in [-0.25, -0.2) is 4.79 Å². The minimum absolute atomic E-state index is 0.116. The molecule has 0 aromatic carbocycles. The molecule has 5 rings (SSSR count). The second kappa shape index (κ2) is 8.59. The Morgan fingerprint density at radius 3 is 2.26 bits per heavy atom. The van der Waals surface area contributed by atoms with Gasteiger partial charge in [-0.3, -0.25) is 4.79 Å². The number of carbonyl (C=O) groups is 2. The summed E-state index contributed by atoms with van der Waals surface area (Å²) in [7, 11) is 1.27. The number of hydrogen-bond acceptors (Lipinski definition) is 6. The Morgan fingerprint density at radius 2 is 1.67 bits per heavy atom. The molecule has 3 unspecified atom stereocenters. The smallest absolute Gasteiger partial charge is 0.373 e. The summed E-state index contributed by atoms with van der Waals surface area (Å²) in [4.78, 5) is 26.7. The van der Waals surface area contributed by atoms with Crippen LogP contribution in [0.15, 0.2) is 23.2 Å². The first-order valence-electron chi connectivity index (χ1n) is 15.0. The zero-order valence-electron chi connectivity index (χ0n) is 25.6. The summed E-state index contributed by atoms with van der Waals surface area (Å²) >= 11 is 0. The number of allylic oxidation sites excluding steroid dienone is 2. The SMILES string of the molecule is COC(=O)/C(O)=C1\C[C@@]2(C)C(C(=O)C[C@]3(C)C2C/C(=C\O)C2[C@@H]([C@@]4(C)CCCC(C)(C)O4)CC[C@]23C)C1(C)C. The largest absolute Gasteiger partial charge is 0.516 e. The van der Waals surface area contributed by atoms with Crippen molar-refractivity contribution in [2.45, 2.75) is 118 Å². The number of aliphatic hydroxyl groups is 2. The number of methoxy groups -OCH3 is 1. The quantitative estimate of drug-likeness (QED) is 0.217. The third-order valence-electron chi connectivity index (χ3n) is 12.9. The van der Waals surface area contributed by atoms with Gasteiger partial charge in [-0.2, -0.15) is 0 Å². The predicted octanol–water partition coefficient (Wildman–Crippen LogP) is 7.24. The van der Waals surface area contributed by atoms with Crippen LogP contribution in [0.5, 0.6) is 0 Å². The van der Waals surface area contributed by atoms with Crippen LogP contribution in [0.3, 0.4) is 0 Å². The Hall–Kier alpha value is -1.82. The van der Waals surface area contributed by atoms with Crippen LogP contribution < -0.4 is 0 Å². The van der Waals surface area contributed by atoms with Crippen LogP contribution in [-0.2, 0) is 19.1 Å². The Balaban J connectivity index is 1.61. The molecule has 6 nitrogen and oxygen atoms in total. The van der Waals surface area contributed by atoms with E-state index in [0.717, 1.165) is 37.7 Å². The number of ketones is 1. The van der Waals surface area contributed by atoms with Gasteiger partial charge in [-0.15, -0.1) is 0 Å². The van der Waals surface area contributed by atoms with Gasteiger partial charge in [0.15, 0.2) is 0 Å². The predicted molar refractivity (Wildman–Crippen MR) is 150 cm³/mol. The van der Waals surface area contributed by atoms with Gasteiger partial charge in [-0.05, 0) is 111 Å². The molecule has 0 amide bonds. The van der Waals surface area contributed by atoms with Crippen LogP contribution in [0.2, 0.25) is 0 Å². The second-order valence-corrected chi connectivity index (χ2v) is 15.7. The van der Waals surface area contributed by atoms with Crippen LogP contribution >= 0.6 is 0 Å². The third-order valence-corrected chi connectivity index (χ3v) is 12.9. The zero-order chi connectivity index (χ0) is 29.0. The van der Waals surface area contributed by atoms with Gasteiger partial charge in [0.1, 0.15) is 5.78 Å². The molecule has 8 atom stereocenters. The number of esters is 1. The highest BCUT2D eigenvalue weighted by molar-refractivity contribution is 5.90. The van der Waals surface area contributed by atoms with Crippen molar-refractivity contribution in [3.63, 3.8) is 0 Å². The van der Waals surface area contributed by atoms with Crippen LogP contribution in [0, 0.1) is 45.3 Å². The van der Waals surface area contributed by atoms with E-state index in [1.807, 2.05) is 13.8 Å². The topological polar surface area (TPSA) is 93.1 Å². The first-order chi connectivity index (χ1) is 17.9. The summed E-state index contributed by atoms with van der Waals surface area (Å²) in [5, 5.41) is 21.7. The normalized spacial score (nSPS) is 48.7. The van der Waals surface area contributed by atoms with E-state index in [4.69, 9.17) is 9.47 Å². The molecule has 5 fully saturated rings. The Kier molecular flexibility index (Phi) is 6.32. The summed E-state index contributed by atoms with van der Waals surface area (Å²) in [6.45, 7) is 17.5. The molecule has 0 radical (unpaired) electrons. The molecule has 4 aliphatic carbocycles. The number of fused-ring (bicyclic) bond motifs is 5. The third kappa shape index (κ3) is 3.68. The van der Waals surface area contributed by atoms with E-state index in [2.05, 4.69) is 41.5 Å². The summed E-state index contributed by atoms with van der Waals surface area (Å²) in [5.74, 6) is -0.649. The monoisotopic (exact) mass is 542 g/mol. The molecule has 1 aliphatic heterocycles. The van der Waals surface area contributed by atoms with E-state index in [-0.39, 0.29) is 57.2 Å². The van der Waals surface area contributed by atoms with E-state index >= 15 is 0 Å². The van der Waals surface area contributed by atoms with Crippen molar-refractivity contribution in [3.05, 3.63) is 23.2 Å². The molecule has 0 aromatic heterocycles. The molecule has 4 saturated carbocycles. The van der Waals surface area contributed by atoms with Crippen LogP contribution in [-0.4, -0.2) is 40.3 Å². The number of ether oxygens (including phenoxy) is 2. The Bertz CT molecular complexity index is 1150. The lowest BCUT2D eigenvalue weighted by molar-refractivity contribution is -0.207. The Labute approximate surface area is 234 Å².